The molecule has 1 aromatic heterocycles. The van der Waals surface area contributed by atoms with E-state index >= 15 is 0 Å². The topological polar surface area (TPSA) is 102 Å². The predicted octanol–water partition coefficient (Wildman–Crippen LogP) is 6.30. The second-order valence-corrected chi connectivity index (χ2v) is 10.0. The van der Waals surface area contributed by atoms with Gasteiger partial charge in [0.05, 0.1) is 33.5 Å². The van der Waals surface area contributed by atoms with E-state index in [1.165, 1.54) is 0 Å². The number of hydrogen-bond acceptors (Lipinski definition) is 3. The van der Waals surface area contributed by atoms with Gasteiger partial charge in [0.15, 0.2) is 0 Å². The van der Waals surface area contributed by atoms with E-state index < -0.39 is 11.9 Å². The van der Waals surface area contributed by atoms with E-state index in [9.17, 15) is 9.59 Å². The number of benzene rings is 3. The summed E-state index contributed by atoms with van der Waals surface area (Å²) < 4.78 is 1.65. The predicted molar refractivity (Wildman–Crippen MR) is 142 cm³/mol. The van der Waals surface area contributed by atoms with Crippen molar-refractivity contribution in [3.63, 3.8) is 0 Å². The molecule has 3 amide bonds. The lowest BCUT2D eigenvalue weighted by atomic mass is 9.92. The van der Waals surface area contributed by atoms with Gasteiger partial charge in [-0.3, -0.25) is 10.1 Å². The first-order chi connectivity index (χ1) is 16.5. The Morgan fingerprint density at radius 1 is 1.00 bits per heavy atom. The van der Waals surface area contributed by atoms with Crippen molar-refractivity contribution in [1.29, 1.82) is 0 Å². The molecule has 0 radical (unpaired) electrons. The Morgan fingerprint density at radius 3 is 2.46 bits per heavy atom. The number of hydrogen-bond donors (Lipinski definition) is 3. The molecule has 0 saturated heterocycles. The molecule has 180 valence electrons. The van der Waals surface area contributed by atoms with Crippen LogP contribution < -0.4 is 16.4 Å². The highest BCUT2D eigenvalue weighted by Gasteiger charge is 2.22. The molecule has 0 bridgehead atoms. The number of urea groups is 1. The van der Waals surface area contributed by atoms with Crippen molar-refractivity contribution in [3.8, 4) is 5.69 Å². The number of anilines is 2. The van der Waals surface area contributed by atoms with Crippen LogP contribution in [0.3, 0.4) is 0 Å². The van der Waals surface area contributed by atoms with Crippen LogP contribution in [0.2, 0.25) is 10.0 Å². The van der Waals surface area contributed by atoms with Gasteiger partial charge in [0.2, 0.25) is 5.91 Å². The highest BCUT2D eigenvalue weighted by molar-refractivity contribution is 6.44. The molecular formula is C26H25Cl2N5O2. The normalized spacial score (nSPS) is 11.5. The van der Waals surface area contributed by atoms with Crippen LogP contribution in [0, 0.1) is 0 Å². The summed E-state index contributed by atoms with van der Waals surface area (Å²) in [6.45, 7) is 6.11. The van der Waals surface area contributed by atoms with E-state index in [0.717, 1.165) is 22.0 Å². The summed E-state index contributed by atoms with van der Waals surface area (Å²) in [5.41, 5.74) is 7.86. The summed E-state index contributed by atoms with van der Waals surface area (Å²) in [6, 6.07) is 17.9. The smallest absolute Gasteiger partial charge is 0.324 e. The molecule has 0 unspecified atom stereocenters. The molecular weight excluding hydrogens is 485 g/mol. The SMILES string of the molecule is CC(C)(C)c1cc(NC(=O)Nc2cccc(Cl)c2Cl)n(-c2cc(CC(N)=O)c3ccccc3c2)n1. The summed E-state index contributed by atoms with van der Waals surface area (Å²) in [7, 11) is 0. The van der Waals surface area contributed by atoms with Gasteiger partial charge < -0.3 is 11.1 Å². The molecule has 0 aliphatic rings. The fourth-order valence-corrected chi connectivity index (χ4v) is 4.08. The summed E-state index contributed by atoms with van der Waals surface area (Å²) in [5, 5.41) is 12.8. The van der Waals surface area contributed by atoms with Gasteiger partial charge in [0.1, 0.15) is 5.82 Å². The maximum Gasteiger partial charge on any atom is 0.324 e. The first-order valence-electron chi connectivity index (χ1n) is 11.0. The molecule has 0 fully saturated rings. The zero-order chi connectivity index (χ0) is 25.3. The number of fused-ring (bicyclic) bond motifs is 1. The Labute approximate surface area is 213 Å². The van der Waals surface area contributed by atoms with E-state index in [1.807, 2.05) is 63.2 Å². The fraction of sp³-hybridized carbons (Fsp3) is 0.192. The third-order valence-corrected chi connectivity index (χ3v) is 6.28. The molecule has 3 aromatic carbocycles. The van der Waals surface area contributed by atoms with Gasteiger partial charge in [-0.2, -0.15) is 5.10 Å². The average molecular weight is 510 g/mol. The lowest BCUT2D eigenvalue weighted by Crippen LogP contribution is -2.21. The number of nitrogens with one attached hydrogen (secondary N) is 2. The number of halogens is 2. The van der Waals surface area contributed by atoms with Crippen LogP contribution in [-0.2, 0) is 16.6 Å². The Hall–Kier alpha value is -3.55. The maximum absolute atomic E-state index is 12.9. The van der Waals surface area contributed by atoms with Crippen LogP contribution in [0.1, 0.15) is 32.0 Å². The minimum absolute atomic E-state index is 0.0816. The molecule has 4 aromatic rings. The van der Waals surface area contributed by atoms with Gasteiger partial charge in [-0.25, -0.2) is 9.48 Å². The van der Waals surface area contributed by atoms with Crippen molar-refractivity contribution in [1.82, 2.24) is 9.78 Å². The molecule has 0 saturated carbocycles. The molecule has 0 spiro atoms. The summed E-state index contributed by atoms with van der Waals surface area (Å²) >= 11 is 12.3. The van der Waals surface area contributed by atoms with E-state index in [1.54, 1.807) is 22.9 Å². The van der Waals surface area contributed by atoms with Gasteiger partial charge in [0.25, 0.3) is 0 Å². The molecule has 0 aliphatic heterocycles. The summed E-state index contributed by atoms with van der Waals surface area (Å²) in [5.74, 6) is 0.0187. The summed E-state index contributed by atoms with van der Waals surface area (Å²) in [6.07, 6.45) is 0.0816. The minimum Gasteiger partial charge on any atom is -0.369 e. The lowest BCUT2D eigenvalue weighted by Gasteiger charge is -2.15. The highest BCUT2D eigenvalue weighted by atomic mass is 35.5. The lowest BCUT2D eigenvalue weighted by molar-refractivity contribution is -0.117. The number of amides is 3. The molecule has 4 rings (SSSR count). The number of carbonyl (C=O) groups is 2. The number of nitrogens with zero attached hydrogens (tertiary/aromatic N) is 2. The Bertz CT molecular complexity index is 1440. The van der Waals surface area contributed by atoms with Crippen LogP contribution >= 0.6 is 23.2 Å². The largest absolute Gasteiger partial charge is 0.369 e. The van der Waals surface area contributed by atoms with Crippen LogP contribution in [0.25, 0.3) is 16.5 Å². The van der Waals surface area contributed by atoms with Gasteiger partial charge >= 0.3 is 6.03 Å². The van der Waals surface area contributed by atoms with Gasteiger partial charge in [-0.05, 0) is 40.6 Å². The number of primary amides is 1. The molecule has 35 heavy (non-hydrogen) atoms. The molecule has 7 nitrogen and oxygen atoms in total. The van der Waals surface area contributed by atoms with E-state index in [-0.39, 0.29) is 16.9 Å². The molecule has 0 atom stereocenters. The molecule has 1 heterocycles. The van der Waals surface area contributed by atoms with Crippen molar-refractivity contribution in [2.75, 3.05) is 10.6 Å². The molecule has 4 N–H and O–H groups in total. The van der Waals surface area contributed by atoms with Crippen molar-refractivity contribution in [2.24, 2.45) is 5.73 Å². The van der Waals surface area contributed by atoms with Crippen LogP contribution in [0.15, 0.2) is 60.7 Å². The van der Waals surface area contributed by atoms with Gasteiger partial charge in [0, 0.05) is 11.5 Å². The molecule has 9 heteroatoms. The minimum atomic E-state index is -0.506. The number of carbonyl (C=O) groups excluding carboxylic acids is 2. The maximum atomic E-state index is 12.9. The quantitative estimate of drug-likeness (QED) is 0.294. The zero-order valence-electron chi connectivity index (χ0n) is 19.5. The fourth-order valence-electron chi connectivity index (χ4n) is 3.73. The Morgan fingerprint density at radius 2 is 1.74 bits per heavy atom. The van der Waals surface area contributed by atoms with E-state index in [2.05, 4.69) is 10.6 Å². The van der Waals surface area contributed by atoms with Crippen LogP contribution in [-0.4, -0.2) is 21.7 Å². The van der Waals surface area contributed by atoms with Gasteiger partial charge in [-0.1, -0.05) is 74.3 Å². The third kappa shape index (κ3) is 5.42. The third-order valence-electron chi connectivity index (χ3n) is 5.46. The number of nitrogens with two attached hydrogens (primary N) is 1. The number of rotatable bonds is 5. The second kappa shape index (κ2) is 9.60. The summed E-state index contributed by atoms with van der Waals surface area (Å²) in [4.78, 5) is 24.6. The number of aromatic nitrogens is 2. The second-order valence-electron chi connectivity index (χ2n) is 9.23. The van der Waals surface area contributed by atoms with Crippen molar-refractivity contribution in [2.45, 2.75) is 32.6 Å². The van der Waals surface area contributed by atoms with Crippen LogP contribution in [0.4, 0.5) is 16.3 Å². The first-order valence-corrected chi connectivity index (χ1v) is 11.7. The van der Waals surface area contributed by atoms with Crippen molar-refractivity contribution < 1.29 is 9.59 Å². The van der Waals surface area contributed by atoms with E-state index in [4.69, 9.17) is 34.0 Å². The van der Waals surface area contributed by atoms with E-state index in [0.29, 0.717) is 22.2 Å². The highest BCUT2D eigenvalue weighted by Crippen LogP contribution is 2.31. The standard InChI is InChI=1S/C26H25Cl2N5O2/c1-26(2,3)21-14-23(31-25(35)30-20-10-6-9-19(27)24(20)28)33(32-21)17-11-15-7-4-5-8-18(15)16(12-17)13-22(29)34/h4-12,14H,13H2,1-3H3,(H2,29,34)(H2,30,31,35). The Balaban J connectivity index is 1.77. The monoisotopic (exact) mass is 509 g/mol. The molecule has 0 aliphatic carbocycles. The zero-order valence-corrected chi connectivity index (χ0v) is 21.0. The van der Waals surface area contributed by atoms with Crippen molar-refractivity contribution >= 4 is 57.4 Å². The average Bonchev–Trinajstić information content (AvgIpc) is 3.21. The van der Waals surface area contributed by atoms with Gasteiger partial charge in [-0.15, -0.1) is 0 Å². The first kappa shape index (κ1) is 24.6. The van der Waals surface area contributed by atoms with Crippen molar-refractivity contribution in [3.05, 3.63) is 82.0 Å². The Kier molecular flexibility index (Phi) is 6.74. The van der Waals surface area contributed by atoms with Crippen LogP contribution in [0.5, 0.6) is 0 Å².